The molecule has 0 unspecified atom stereocenters. The summed E-state index contributed by atoms with van der Waals surface area (Å²) in [5.74, 6) is 0. The van der Waals surface area contributed by atoms with Crippen molar-refractivity contribution < 1.29 is 4.74 Å². The van der Waals surface area contributed by atoms with Crippen LogP contribution in [0.25, 0.3) is 5.52 Å². The first kappa shape index (κ1) is 16.3. The Balaban J connectivity index is 1.55. The molecule has 0 aromatic carbocycles. The molecule has 0 spiro atoms. The van der Waals surface area contributed by atoms with Crippen LogP contribution in [-0.4, -0.2) is 66.1 Å². The predicted molar refractivity (Wildman–Crippen MR) is 95.5 cm³/mol. The molecule has 4 rings (SSSR count). The Bertz CT molecular complexity index is 775. The Morgan fingerprint density at radius 3 is 3.08 bits per heavy atom. The second kappa shape index (κ2) is 7.00. The van der Waals surface area contributed by atoms with Gasteiger partial charge in [0.1, 0.15) is 11.8 Å². The fraction of sp³-hybridized carbons (Fsp3) is 0.556. The highest BCUT2D eigenvalue weighted by Crippen LogP contribution is 2.26. The zero-order chi connectivity index (χ0) is 17.2. The molecule has 0 amide bonds. The third kappa shape index (κ3) is 3.33. The van der Waals surface area contributed by atoms with Crippen molar-refractivity contribution in [2.75, 3.05) is 44.3 Å². The van der Waals surface area contributed by atoms with Crippen molar-refractivity contribution in [3.63, 3.8) is 0 Å². The summed E-state index contributed by atoms with van der Waals surface area (Å²) in [6.45, 7) is 7.96. The average Bonchev–Trinajstić information content (AvgIpc) is 3.11. The third-order valence-electron chi connectivity index (χ3n) is 4.94. The quantitative estimate of drug-likeness (QED) is 0.901. The van der Waals surface area contributed by atoms with Crippen LogP contribution >= 0.6 is 0 Å². The van der Waals surface area contributed by atoms with E-state index in [0.717, 1.165) is 50.6 Å². The SMILES string of the molecule is C[C@@H]1CN(c2ccc(C#N)n3nccc23)C[C@H](CN2CCCNC2)O1. The number of nitrogens with one attached hydrogen (secondary N) is 1. The van der Waals surface area contributed by atoms with Crippen molar-refractivity contribution in [2.24, 2.45) is 0 Å². The molecule has 1 N–H and O–H groups in total. The van der Waals surface area contributed by atoms with Crippen LogP contribution < -0.4 is 10.2 Å². The number of nitriles is 1. The van der Waals surface area contributed by atoms with Gasteiger partial charge in [-0.15, -0.1) is 0 Å². The van der Waals surface area contributed by atoms with Gasteiger partial charge in [0.2, 0.25) is 0 Å². The Kier molecular flexibility index (Phi) is 4.57. The maximum Gasteiger partial charge on any atom is 0.142 e. The minimum Gasteiger partial charge on any atom is -0.370 e. The van der Waals surface area contributed by atoms with Crippen molar-refractivity contribution in [1.82, 2.24) is 19.8 Å². The number of nitrogens with zero attached hydrogens (tertiary/aromatic N) is 5. The van der Waals surface area contributed by atoms with Gasteiger partial charge in [0.25, 0.3) is 0 Å². The van der Waals surface area contributed by atoms with Gasteiger partial charge in [0.05, 0.1) is 29.6 Å². The number of anilines is 1. The van der Waals surface area contributed by atoms with Crippen molar-refractivity contribution >= 4 is 11.2 Å². The minimum atomic E-state index is 0.176. The molecule has 2 aromatic rings. The topological polar surface area (TPSA) is 68.8 Å². The number of aromatic nitrogens is 2. The standard InChI is InChI=1S/C18H24N6O/c1-14-10-23(12-16(25-14)11-22-8-2-6-20-13-22)17-4-3-15(9-19)24-18(17)5-7-21-24/h3-5,7,14,16,20H,2,6,8,10-13H2,1H3/t14-,16+/m1/s1. The summed E-state index contributed by atoms with van der Waals surface area (Å²) in [6, 6.07) is 8.05. The molecule has 0 bridgehead atoms. The molecule has 2 atom stereocenters. The van der Waals surface area contributed by atoms with Crippen molar-refractivity contribution in [2.45, 2.75) is 25.6 Å². The Labute approximate surface area is 147 Å². The molecule has 2 aliphatic rings. The number of hydrogen-bond donors (Lipinski definition) is 1. The smallest absolute Gasteiger partial charge is 0.142 e. The normalized spacial score (nSPS) is 25.2. The van der Waals surface area contributed by atoms with E-state index in [4.69, 9.17) is 4.74 Å². The lowest BCUT2D eigenvalue weighted by molar-refractivity contribution is -0.0351. The zero-order valence-electron chi connectivity index (χ0n) is 14.6. The lowest BCUT2D eigenvalue weighted by Gasteiger charge is -2.40. The van der Waals surface area contributed by atoms with E-state index < -0.39 is 0 Å². The van der Waals surface area contributed by atoms with E-state index in [1.807, 2.05) is 18.2 Å². The predicted octanol–water partition coefficient (Wildman–Crippen LogP) is 1.05. The highest BCUT2D eigenvalue weighted by Gasteiger charge is 2.28. The molecule has 7 heteroatoms. The largest absolute Gasteiger partial charge is 0.370 e. The van der Waals surface area contributed by atoms with Crippen LogP contribution in [0.2, 0.25) is 0 Å². The molecular formula is C18H24N6O. The first-order valence-corrected chi connectivity index (χ1v) is 8.95. The molecule has 0 aliphatic carbocycles. The lowest BCUT2D eigenvalue weighted by atomic mass is 10.1. The van der Waals surface area contributed by atoms with Gasteiger partial charge in [-0.1, -0.05) is 0 Å². The Hall–Kier alpha value is -2.14. The molecule has 2 aliphatic heterocycles. The van der Waals surface area contributed by atoms with Crippen LogP contribution in [0.15, 0.2) is 24.4 Å². The second-order valence-electron chi connectivity index (χ2n) is 6.91. The molecule has 2 aromatic heterocycles. The summed E-state index contributed by atoms with van der Waals surface area (Å²) >= 11 is 0. The number of morpholine rings is 1. The summed E-state index contributed by atoms with van der Waals surface area (Å²) in [5.41, 5.74) is 2.65. The van der Waals surface area contributed by atoms with E-state index in [0.29, 0.717) is 5.69 Å². The van der Waals surface area contributed by atoms with Gasteiger partial charge in [-0.3, -0.25) is 4.90 Å². The average molecular weight is 340 g/mol. The molecule has 4 heterocycles. The van der Waals surface area contributed by atoms with Gasteiger partial charge < -0.3 is 15.0 Å². The maximum atomic E-state index is 9.27. The minimum absolute atomic E-state index is 0.176. The number of pyridine rings is 1. The van der Waals surface area contributed by atoms with E-state index in [1.165, 1.54) is 6.42 Å². The van der Waals surface area contributed by atoms with E-state index in [1.54, 1.807) is 10.7 Å². The fourth-order valence-corrected chi connectivity index (χ4v) is 3.89. The molecule has 2 fully saturated rings. The Morgan fingerprint density at radius 1 is 1.36 bits per heavy atom. The van der Waals surface area contributed by atoms with E-state index >= 15 is 0 Å². The van der Waals surface area contributed by atoms with Gasteiger partial charge in [-0.05, 0) is 38.1 Å². The van der Waals surface area contributed by atoms with Crippen molar-refractivity contribution in [3.8, 4) is 6.07 Å². The van der Waals surface area contributed by atoms with Gasteiger partial charge in [-0.25, -0.2) is 4.52 Å². The van der Waals surface area contributed by atoms with Crippen LogP contribution in [-0.2, 0) is 4.74 Å². The summed E-state index contributed by atoms with van der Waals surface area (Å²) in [5, 5.41) is 17.0. The van der Waals surface area contributed by atoms with Crippen molar-refractivity contribution in [3.05, 3.63) is 30.1 Å². The van der Waals surface area contributed by atoms with Crippen LogP contribution in [0.3, 0.4) is 0 Å². The third-order valence-corrected chi connectivity index (χ3v) is 4.94. The highest BCUT2D eigenvalue weighted by molar-refractivity contribution is 5.74. The molecule has 0 radical (unpaired) electrons. The molecule has 0 saturated carbocycles. The first-order valence-electron chi connectivity index (χ1n) is 8.95. The van der Waals surface area contributed by atoms with Gasteiger partial charge >= 0.3 is 0 Å². The fourth-order valence-electron chi connectivity index (χ4n) is 3.89. The molecular weight excluding hydrogens is 316 g/mol. The van der Waals surface area contributed by atoms with Crippen molar-refractivity contribution in [1.29, 1.82) is 5.26 Å². The first-order chi connectivity index (χ1) is 12.2. The summed E-state index contributed by atoms with van der Waals surface area (Å²) in [6.07, 6.45) is 3.30. The number of fused-ring (bicyclic) bond motifs is 1. The number of hydrogen-bond acceptors (Lipinski definition) is 6. The van der Waals surface area contributed by atoms with E-state index in [-0.39, 0.29) is 12.2 Å². The molecule has 25 heavy (non-hydrogen) atoms. The number of ether oxygens (including phenoxy) is 1. The van der Waals surface area contributed by atoms with Crippen LogP contribution in [0.4, 0.5) is 5.69 Å². The molecule has 132 valence electrons. The highest BCUT2D eigenvalue weighted by atomic mass is 16.5. The summed E-state index contributed by atoms with van der Waals surface area (Å²) < 4.78 is 7.91. The maximum absolute atomic E-state index is 9.27. The second-order valence-corrected chi connectivity index (χ2v) is 6.91. The van der Waals surface area contributed by atoms with Gasteiger partial charge in [0, 0.05) is 32.8 Å². The Morgan fingerprint density at radius 2 is 2.28 bits per heavy atom. The van der Waals surface area contributed by atoms with Crippen LogP contribution in [0, 0.1) is 11.3 Å². The molecule has 7 nitrogen and oxygen atoms in total. The lowest BCUT2D eigenvalue weighted by Crippen LogP contribution is -2.53. The number of rotatable bonds is 3. The van der Waals surface area contributed by atoms with Crippen LogP contribution in [0.5, 0.6) is 0 Å². The van der Waals surface area contributed by atoms with Gasteiger partial charge in [0.15, 0.2) is 0 Å². The molecule has 2 saturated heterocycles. The monoisotopic (exact) mass is 340 g/mol. The summed E-state index contributed by atoms with van der Waals surface area (Å²) in [4.78, 5) is 4.80. The van der Waals surface area contributed by atoms with Crippen LogP contribution in [0.1, 0.15) is 19.0 Å². The summed E-state index contributed by atoms with van der Waals surface area (Å²) in [7, 11) is 0. The van der Waals surface area contributed by atoms with E-state index in [2.05, 4.69) is 33.2 Å². The zero-order valence-corrected chi connectivity index (χ0v) is 14.6. The van der Waals surface area contributed by atoms with E-state index in [9.17, 15) is 5.26 Å². The van der Waals surface area contributed by atoms with Gasteiger partial charge in [-0.2, -0.15) is 10.4 Å².